The summed E-state index contributed by atoms with van der Waals surface area (Å²) in [6.45, 7) is 4.42. The lowest BCUT2D eigenvalue weighted by Gasteiger charge is -2.14. The van der Waals surface area contributed by atoms with Gasteiger partial charge in [0, 0.05) is 0 Å². The summed E-state index contributed by atoms with van der Waals surface area (Å²) in [5.41, 5.74) is 0.890. The molecule has 90 valence electrons. The van der Waals surface area contributed by atoms with Crippen LogP contribution in [-0.2, 0) is 0 Å². The van der Waals surface area contributed by atoms with E-state index in [9.17, 15) is 5.11 Å². The molecule has 1 aromatic rings. The molecule has 0 spiro atoms. The standard InChI is InChI=1S/C14H22O2/c1-3-4-11(2)5-10-14(16)12-6-8-13(15)9-7-12/h6-9,11,14-16H,3-5,10H2,1-2H3/t11-,14?/m1/s1. The minimum absolute atomic E-state index is 0.246. The maximum atomic E-state index is 9.95. The van der Waals surface area contributed by atoms with Crippen LogP contribution in [0.2, 0.25) is 0 Å². The van der Waals surface area contributed by atoms with Crippen molar-refractivity contribution in [2.24, 2.45) is 5.92 Å². The lowest BCUT2D eigenvalue weighted by Crippen LogP contribution is -2.01. The normalized spacial score (nSPS) is 14.7. The Morgan fingerprint density at radius 1 is 1.06 bits per heavy atom. The second kappa shape index (κ2) is 6.54. The quantitative estimate of drug-likeness (QED) is 0.771. The molecular weight excluding hydrogens is 200 g/mol. The maximum Gasteiger partial charge on any atom is 0.115 e. The SMILES string of the molecule is CCC[C@@H](C)CCC(O)c1ccc(O)cc1. The number of rotatable bonds is 6. The van der Waals surface area contributed by atoms with Crippen LogP contribution in [0.1, 0.15) is 51.2 Å². The van der Waals surface area contributed by atoms with Gasteiger partial charge in [0.2, 0.25) is 0 Å². The molecule has 0 fully saturated rings. The van der Waals surface area contributed by atoms with Crippen LogP contribution >= 0.6 is 0 Å². The summed E-state index contributed by atoms with van der Waals surface area (Å²) >= 11 is 0. The molecule has 1 aromatic carbocycles. The molecule has 0 saturated heterocycles. The van der Waals surface area contributed by atoms with E-state index >= 15 is 0 Å². The predicted molar refractivity (Wildman–Crippen MR) is 66.4 cm³/mol. The van der Waals surface area contributed by atoms with Crippen LogP contribution in [0, 0.1) is 5.92 Å². The topological polar surface area (TPSA) is 40.5 Å². The Balaban J connectivity index is 2.40. The number of aliphatic hydroxyl groups excluding tert-OH is 1. The first kappa shape index (κ1) is 13.0. The van der Waals surface area contributed by atoms with E-state index in [1.807, 2.05) is 0 Å². The van der Waals surface area contributed by atoms with Gasteiger partial charge in [0.1, 0.15) is 5.75 Å². The van der Waals surface area contributed by atoms with Gasteiger partial charge in [-0.15, -0.1) is 0 Å². The molecular formula is C14H22O2. The molecule has 2 nitrogen and oxygen atoms in total. The lowest BCUT2D eigenvalue weighted by molar-refractivity contribution is 0.157. The van der Waals surface area contributed by atoms with Crippen LogP contribution in [0.3, 0.4) is 0 Å². The van der Waals surface area contributed by atoms with E-state index in [1.54, 1.807) is 24.3 Å². The van der Waals surface area contributed by atoms with E-state index < -0.39 is 6.10 Å². The minimum atomic E-state index is -0.403. The predicted octanol–water partition coefficient (Wildman–Crippen LogP) is 3.64. The molecule has 0 amide bonds. The van der Waals surface area contributed by atoms with Gasteiger partial charge in [0.25, 0.3) is 0 Å². The fraction of sp³-hybridized carbons (Fsp3) is 0.571. The summed E-state index contributed by atoms with van der Waals surface area (Å²) in [7, 11) is 0. The maximum absolute atomic E-state index is 9.95. The summed E-state index contributed by atoms with van der Waals surface area (Å²) in [4.78, 5) is 0. The van der Waals surface area contributed by atoms with Crippen molar-refractivity contribution in [2.45, 2.75) is 45.6 Å². The van der Waals surface area contributed by atoms with E-state index in [-0.39, 0.29) is 5.75 Å². The Morgan fingerprint density at radius 3 is 2.25 bits per heavy atom. The fourth-order valence-electron chi connectivity index (χ4n) is 1.94. The molecule has 0 radical (unpaired) electrons. The molecule has 0 heterocycles. The Morgan fingerprint density at radius 2 is 1.69 bits per heavy atom. The fourth-order valence-corrected chi connectivity index (χ4v) is 1.94. The third-order valence-electron chi connectivity index (χ3n) is 2.99. The Labute approximate surface area is 97.9 Å². The average molecular weight is 222 g/mol. The van der Waals surface area contributed by atoms with Crippen molar-refractivity contribution in [1.82, 2.24) is 0 Å². The number of phenols is 1. The van der Waals surface area contributed by atoms with E-state index in [1.165, 1.54) is 12.8 Å². The molecule has 2 heteroatoms. The van der Waals surface area contributed by atoms with Crippen molar-refractivity contribution < 1.29 is 10.2 Å². The van der Waals surface area contributed by atoms with Gasteiger partial charge in [-0.05, 0) is 36.5 Å². The van der Waals surface area contributed by atoms with Gasteiger partial charge in [0.15, 0.2) is 0 Å². The molecule has 1 unspecified atom stereocenters. The van der Waals surface area contributed by atoms with Crippen LogP contribution in [0.4, 0.5) is 0 Å². The van der Waals surface area contributed by atoms with Gasteiger partial charge < -0.3 is 10.2 Å². The van der Waals surface area contributed by atoms with E-state index in [0.29, 0.717) is 5.92 Å². The van der Waals surface area contributed by atoms with Crippen molar-refractivity contribution in [2.75, 3.05) is 0 Å². The zero-order chi connectivity index (χ0) is 12.0. The number of benzene rings is 1. The van der Waals surface area contributed by atoms with E-state index in [2.05, 4.69) is 13.8 Å². The van der Waals surface area contributed by atoms with E-state index in [4.69, 9.17) is 5.11 Å². The number of phenolic OH excluding ortho intramolecular Hbond substituents is 1. The largest absolute Gasteiger partial charge is 0.508 e. The highest BCUT2D eigenvalue weighted by Gasteiger charge is 2.09. The molecule has 0 aromatic heterocycles. The van der Waals surface area contributed by atoms with Crippen LogP contribution < -0.4 is 0 Å². The van der Waals surface area contributed by atoms with Crippen LogP contribution in [0.5, 0.6) is 5.75 Å². The third kappa shape index (κ3) is 4.23. The van der Waals surface area contributed by atoms with Gasteiger partial charge in [-0.1, -0.05) is 38.8 Å². The number of hydrogen-bond acceptors (Lipinski definition) is 2. The lowest BCUT2D eigenvalue weighted by atomic mass is 9.96. The van der Waals surface area contributed by atoms with Crippen molar-refractivity contribution in [3.63, 3.8) is 0 Å². The molecule has 0 saturated carbocycles. The van der Waals surface area contributed by atoms with Crippen molar-refractivity contribution in [3.05, 3.63) is 29.8 Å². The highest BCUT2D eigenvalue weighted by Crippen LogP contribution is 2.23. The highest BCUT2D eigenvalue weighted by atomic mass is 16.3. The first-order valence-corrected chi connectivity index (χ1v) is 6.10. The summed E-state index contributed by atoms with van der Waals surface area (Å²) < 4.78 is 0. The van der Waals surface area contributed by atoms with Crippen molar-refractivity contribution >= 4 is 0 Å². The second-order valence-corrected chi connectivity index (χ2v) is 4.58. The van der Waals surface area contributed by atoms with Crippen LogP contribution in [-0.4, -0.2) is 10.2 Å². The Bertz CT molecular complexity index is 292. The zero-order valence-corrected chi connectivity index (χ0v) is 10.2. The van der Waals surface area contributed by atoms with Crippen LogP contribution in [0.15, 0.2) is 24.3 Å². The molecule has 1 rings (SSSR count). The smallest absolute Gasteiger partial charge is 0.115 e. The second-order valence-electron chi connectivity index (χ2n) is 4.58. The summed E-state index contributed by atoms with van der Waals surface area (Å²) in [6.07, 6.45) is 3.88. The van der Waals surface area contributed by atoms with Gasteiger partial charge in [-0.2, -0.15) is 0 Å². The molecule has 2 atom stereocenters. The highest BCUT2D eigenvalue weighted by molar-refractivity contribution is 5.27. The van der Waals surface area contributed by atoms with Gasteiger partial charge in [0.05, 0.1) is 6.10 Å². The van der Waals surface area contributed by atoms with Crippen molar-refractivity contribution in [1.29, 1.82) is 0 Å². The number of aromatic hydroxyl groups is 1. The summed E-state index contributed by atoms with van der Waals surface area (Å²) in [5.74, 6) is 0.923. The van der Waals surface area contributed by atoms with E-state index in [0.717, 1.165) is 18.4 Å². The molecule has 0 aliphatic heterocycles. The first-order chi connectivity index (χ1) is 7.63. The molecule has 2 N–H and O–H groups in total. The summed E-state index contributed by atoms with van der Waals surface area (Å²) in [6, 6.07) is 6.80. The first-order valence-electron chi connectivity index (χ1n) is 6.10. The van der Waals surface area contributed by atoms with Gasteiger partial charge in [-0.3, -0.25) is 0 Å². The Kier molecular flexibility index (Phi) is 5.33. The zero-order valence-electron chi connectivity index (χ0n) is 10.2. The minimum Gasteiger partial charge on any atom is -0.508 e. The Hall–Kier alpha value is -1.02. The average Bonchev–Trinajstić information content (AvgIpc) is 2.27. The molecule has 16 heavy (non-hydrogen) atoms. The monoisotopic (exact) mass is 222 g/mol. The third-order valence-corrected chi connectivity index (χ3v) is 2.99. The molecule has 0 aliphatic carbocycles. The number of hydrogen-bond donors (Lipinski definition) is 2. The van der Waals surface area contributed by atoms with Gasteiger partial charge in [-0.25, -0.2) is 0 Å². The summed E-state index contributed by atoms with van der Waals surface area (Å²) in [5, 5.41) is 19.1. The molecule has 0 aliphatic rings. The molecule has 0 bridgehead atoms. The van der Waals surface area contributed by atoms with Gasteiger partial charge >= 0.3 is 0 Å². The van der Waals surface area contributed by atoms with Crippen LogP contribution in [0.25, 0.3) is 0 Å². The number of aliphatic hydroxyl groups is 1. The van der Waals surface area contributed by atoms with Crippen molar-refractivity contribution in [3.8, 4) is 5.75 Å².